The molecule has 0 aromatic heterocycles. The molecule has 7 heteroatoms. The Morgan fingerprint density at radius 3 is 2.55 bits per heavy atom. The molecular weight excluding hydrogens is 278 g/mol. The van der Waals surface area contributed by atoms with E-state index in [1.54, 1.807) is 0 Å². The minimum atomic E-state index is -4.74. The van der Waals surface area contributed by atoms with Gasteiger partial charge in [0.15, 0.2) is 0 Å². The molecule has 0 saturated heterocycles. The molecule has 0 fully saturated rings. The van der Waals surface area contributed by atoms with Gasteiger partial charge in [-0.2, -0.15) is 13.2 Å². The number of hydrogen-bond donors (Lipinski definition) is 1. The molecule has 0 spiro atoms. The molecule has 20 heavy (non-hydrogen) atoms. The maximum atomic E-state index is 13.1. The average Bonchev–Trinajstić information content (AvgIpc) is 2.38. The van der Waals surface area contributed by atoms with Gasteiger partial charge in [0.25, 0.3) is 0 Å². The molecular formula is C13H17F4NO2. The summed E-state index contributed by atoms with van der Waals surface area (Å²) in [6.07, 6.45) is -4.50. The number of ether oxygens (including phenoxy) is 2. The van der Waals surface area contributed by atoms with E-state index in [0.717, 1.165) is 12.1 Å². The first-order valence-corrected chi connectivity index (χ1v) is 6.19. The lowest BCUT2D eigenvalue weighted by molar-refractivity contribution is -0.140. The van der Waals surface area contributed by atoms with Gasteiger partial charge in [-0.05, 0) is 25.1 Å². The summed E-state index contributed by atoms with van der Waals surface area (Å²) >= 11 is 0. The number of halogens is 4. The molecule has 0 aliphatic rings. The van der Waals surface area contributed by atoms with Crippen LogP contribution in [0.25, 0.3) is 0 Å². The van der Waals surface area contributed by atoms with Gasteiger partial charge in [-0.25, -0.2) is 4.39 Å². The molecule has 0 amide bonds. The van der Waals surface area contributed by atoms with Crippen LogP contribution >= 0.6 is 0 Å². The Bertz CT molecular complexity index is 423. The van der Waals surface area contributed by atoms with Crippen molar-refractivity contribution >= 4 is 0 Å². The smallest absolute Gasteiger partial charge is 0.419 e. The molecule has 1 rings (SSSR count). The lowest BCUT2D eigenvalue weighted by atomic mass is 10.2. The molecule has 1 unspecified atom stereocenters. The Balaban J connectivity index is 2.61. The number of nitrogens with two attached hydrogens (primary N) is 1. The maximum absolute atomic E-state index is 13.1. The number of hydrogen-bond acceptors (Lipinski definition) is 3. The van der Waals surface area contributed by atoms with Gasteiger partial charge in [-0.15, -0.1) is 0 Å². The van der Waals surface area contributed by atoms with Crippen LogP contribution in [0.4, 0.5) is 17.6 Å². The van der Waals surface area contributed by atoms with Gasteiger partial charge in [-0.3, -0.25) is 0 Å². The van der Waals surface area contributed by atoms with Crippen LogP contribution in [-0.2, 0) is 10.9 Å². The van der Waals surface area contributed by atoms with Gasteiger partial charge in [0.2, 0.25) is 0 Å². The highest BCUT2D eigenvalue weighted by atomic mass is 19.4. The van der Waals surface area contributed by atoms with E-state index in [2.05, 4.69) is 0 Å². The predicted molar refractivity (Wildman–Crippen MR) is 66.0 cm³/mol. The summed E-state index contributed by atoms with van der Waals surface area (Å²) in [6, 6.07) is 2.54. The van der Waals surface area contributed by atoms with E-state index in [1.807, 2.05) is 6.92 Å². The maximum Gasteiger partial charge on any atom is 0.419 e. The van der Waals surface area contributed by atoms with Crippen molar-refractivity contribution in [2.24, 2.45) is 5.73 Å². The van der Waals surface area contributed by atoms with Crippen molar-refractivity contribution in [3.8, 4) is 5.75 Å². The van der Waals surface area contributed by atoms with Crippen LogP contribution in [0.3, 0.4) is 0 Å². The third-order valence-electron chi connectivity index (χ3n) is 2.62. The summed E-state index contributed by atoms with van der Waals surface area (Å²) in [5.41, 5.74) is 4.12. The van der Waals surface area contributed by atoms with Crippen molar-refractivity contribution in [3.05, 3.63) is 29.6 Å². The third kappa shape index (κ3) is 4.97. The van der Waals surface area contributed by atoms with Crippen molar-refractivity contribution in [2.45, 2.75) is 25.6 Å². The minimum absolute atomic E-state index is 0.0361. The Labute approximate surface area is 114 Å². The molecule has 0 aliphatic heterocycles. The first-order valence-electron chi connectivity index (χ1n) is 6.19. The van der Waals surface area contributed by atoms with Gasteiger partial charge in [0, 0.05) is 19.6 Å². The zero-order chi connectivity index (χ0) is 15.2. The normalized spacial score (nSPS) is 13.3. The lowest BCUT2D eigenvalue weighted by Gasteiger charge is -2.16. The fraction of sp³-hybridized carbons (Fsp3) is 0.538. The standard InChI is InChI=1S/C13H17F4NO2/c1-2-19-10(8-18)5-6-20-9-3-4-12(14)11(7-9)13(15,16)17/h3-4,7,10H,2,5-6,8,18H2,1H3. The van der Waals surface area contributed by atoms with Gasteiger partial charge >= 0.3 is 6.18 Å². The molecule has 0 aliphatic carbocycles. The average molecular weight is 295 g/mol. The SMILES string of the molecule is CCOC(CN)CCOc1ccc(F)c(C(F)(F)F)c1. The molecule has 0 saturated carbocycles. The molecule has 1 aromatic rings. The summed E-state index contributed by atoms with van der Waals surface area (Å²) in [4.78, 5) is 0. The van der Waals surface area contributed by atoms with E-state index in [9.17, 15) is 17.6 Å². The quantitative estimate of drug-likeness (QED) is 0.787. The van der Waals surface area contributed by atoms with E-state index in [0.29, 0.717) is 25.6 Å². The van der Waals surface area contributed by atoms with E-state index in [-0.39, 0.29) is 18.5 Å². The molecule has 0 radical (unpaired) electrons. The fourth-order valence-corrected chi connectivity index (χ4v) is 1.62. The van der Waals surface area contributed by atoms with Gasteiger partial charge in [0.1, 0.15) is 11.6 Å². The lowest BCUT2D eigenvalue weighted by Crippen LogP contribution is -2.25. The van der Waals surface area contributed by atoms with E-state index in [4.69, 9.17) is 15.2 Å². The molecule has 2 N–H and O–H groups in total. The monoisotopic (exact) mass is 295 g/mol. The first kappa shape index (κ1) is 16.7. The van der Waals surface area contributed by atoms with Crippen LogP contribution < -0.4 is 10.5 Å². The second kappa shape index (κ2) is 7.44. The Hall–Kier alpha value is -1.34. The topological polar surface area (TPSA) is 44.5 Å². The highest BCUT2D eigenvalue weighted by Crippen LogP contribution is 2.33. The van der Waals surface area contributed by atoms with Crippen molar-refractivity contribution < 1.29 is 27.0 Å². The van der Waals surface area contributed by atoms with Crippen LogP contribution in [0.15, 0.2) is 18.2 Å². The third-order valence-corrected chi connectivity index (χ3v) is 2.62. The Morgan fingerprint density at radius 1 is 1.30 bits per heavy atom. The summed E-state index contributed by atoms with van der Waals surface area (Å²) in [7, 11) is 0. The predicted octanol–water partition coefficient (Wildman–Crippen LogP) is 2.98. The van der Waals surface area contributed by atoms with Crippen LogP contribution in [0.1, 0.15) is 18.9 Å². The Morgan fingerprint density at radius 2 is 2.00 bits per heavy atom. The Kier molecular flexibility index (Phi) is 6.22. The van der Waals surface area contributed by atoms with E-state index in [1.165, 1.54) is 0 Å². The molecule has 0 heterocycles. The van der Waals surface area contributed by atoms with E-state index >= 15 is 0 Å². The van der Waals surface area contributed by atoms with E-state index < -0.39 is 17.6 Å². The first-order chi connectivity index (χ1) is 9.38. The molecule has 114 valence electrons. The van der Waals surface area contributed by atoms with Crippen molar-refractivity contribution in [3.63, 3.8) is 0 Å². The van der Waals surface area contributed by atoms with Crippen LogP contribution in [-0.4, -0.2) is 25.9 Å². The molecule has 3 nitrogen and oxygen atoms in total. The number of rotatable bonds is 7. The van der Waals surface area contributed by atoms with Gasteiger partial charge < -0.3 is 15.2 Å². The second-order valence-electron chi connectivity index (χ2n) is 4.09. The highest BCUT2D eigenvalue weighted by Gasteiger charge is 2.34. The summed E-state index contributed by atoms with van der Waals surface area (Å²) in [5, 5.41) is 0. The molecule has 1 atom stereocenters. The van der Waals surface area contributed by atoms with Gasteiger partial charge in [-0.1, -0.05) is 0 Å². The molecule has 1 aromatic carbocycles. The van der Waals surface area contributed by atoms with Crippen LogP contribution in [0.5, 0.6) is 5.75 Å². The summed E-state index contributed by atoms with van der Waals surface area (Å²) < 4.78 is 61.0. The molecule has 0 bridgehead atoms. The van der Waals surface area contributed by atoms with Crippen LogP contribution in [0, 0.1) is 5.82 Å². The van der Waals surface area contributed by atoms with Crippen molar-refractivity contribution in [1.29, 1.82) is 0 Å². The zero-order valence-electron chi connectivity index (χ0n) is 11.0. The second-order valence-corrected chi connectivity index (χ2v) is 4.09. The van der Waals surface area contributed by atoms with Crippen molar-refractivity contribution in [2.75, 3.05) is 19.8 Å². The van der Waals surface area contributed by atoms with Crippen molar-refractivity contribution in [1.82, 2.24) is 0 Å². The minimum Gasteiger partial charge on any atom is -0.493 e. The highest BCUT2D eigenvalue weighted by molar-refractivity contribution is 5.31. The van der Waals surface area contributed by atoms with Gasteiger partial charge in [0.05, 0.1) is 18.3 Å². The largest absolute Gasteiger partial charge is 0.493 e. The zero-order valence-corrected chi connectivity index (χ0v) is 11.0. The number of benzene rings is 1. The van der Waals surface area contributed by atoms with Crippen LogP contribution in [0.2, 0.25) is 0 Å². The number of alkyl halides is 3. The summed E-state index contributed by atoms with van der Waals surface area (Å²) in [5.74, 6) is -1.36. The summed E-state index contributed by atoms with van der Waals surface area (Å²) in [6.45, 7) is 2.76. The fourth-order valence-electron chi connectivity index (χ4n) is 1.62.